The van der Waals surface area contributed by atoms with E-state index in [2.05, 4.69) is 0 Å². The van der Waals surface area contributed by atoms with Gasteiger partial charge in [-0.3, -0.25) is 9.59 Å². The molecule has 0 fully saturated rings. The normalized spacial score (nSPS) is 13.8. The highest BCUT2D eigenvalue weighted by molar-refractivity contribution is 6.39. The highest BCUT2D eigenvalue weighted by Gasteiger charge is 2.28. The molecule has 0 amide bonds. The molecule has 0 atom stereocenters. The Hall–Kier alpha value is -3.08. The molecule has 2 aromatic rings. The molecule has 0 heterocycles. The molecule has 0 aliphatic heterocycles. The van der Waals surface area contributed by atoms with Crippen molar-refractivity contribution in [3.8, 4) is 17.2 Å². The van der Waals surface area contributed by atoms with Crippen LogP contribution in [-0.2, 0) is 0 Å². The number of allylic oxidation sites excluding steroid dienone is 2. The molecular weight excluding hydrogens is 272 g/mol. The summed E-state index contributed by atoms with van der Waals surface area (Å²) < 4.78 is 0. The third-order valence-corrected chi connectivity index (χ3v) is 3.34. The first-order valence-corrected chi connectivity index (χ1v) is 6.14. The van der Waals surface area contributed by atoms with Crippen LogP contribution in [0.15, 0.2) is 42.5 Å². The lowest BCUT2D eigenvalue weighted by Gasteiger charge is -2.16. The van der Waals surface area contributed by atoms with Gasteiger partial charge in [-0.1, -0.05) is 18.2 Å². The molecule has 3 rings (SSSR count). The van der Waals surface area contributed by atoms with Crippen LogP contribution in [0.4, 0.5) is 0 Å². The second-order valence-corrected chi connectivity index (χ2v) is 4.65. The van der Waals surface area contributed by atoms with Gasteiger partial charge >= 0.3 is 0 Å². The van der Waals surface area contributed by atoms with E-state index in [9.17, 15) is 24.9 Å². The van der Waals surface area contributed by atoms with Gasteiger partial charge in [-0.15, -0.1) is 0 Å². The summed E-state index contributed by atoms with van der Waals surface area (Å²) in [5, 5.41) is 28.5. The van der Waals surface area contributed by atoms with Gasteiger partial charge in [0, 0.05) is 11.1 Å². The van der Waals surface area contributed by atoms with E-state index in [1.165, 1.54) is 36.4 Å². The fourth-order valence-electron chi connectivity index (χ4n) is 2.31. The zero-order chi connectivity index (χ0) is 15.1. The monoisotopic (exact) mass is 282 g/mol. The minimum absolute atomic E-state index is 0.0192. The molecule has 0 saturated heterocycles. The van der Waals surface area contributed by atoms with Crippen LogP contribution in [0.5, 0.6) is 17.2 Å². The standard InChI is InChI=1S/C16H10O5/c17-11-5-4-8(6-13(11)19)10-7-14(20)15-9(16(10)21)2-1-3-12(15)18/h1-7,17-19H. The Morgan fingerprint density at radius 3 is 2.29 bits per heavy atom. The lowest BCUT2D eigenvalue weighted by Crippen LogP contribution is -2.16. The fraction of sp³-hybridized carbons (Fsp3) is 0. The number of Topliss-reactive ketones (excluding diaryl/α,β-unsaturated/α-hetero) is 1. The summed E-state index contributed by atoms with van der Waals surface area (Å²) in [6, 6.07) is 8.16. The number of phenols is 3. The van der Waals surface area contributed by atoms with Gasteiger partial charge in [-0.25, -0.2) is 0 Å². The van der Waals surface area contributed by atoms with Gasteiger partial charge < -0.3 is 15.3 Å². The van der Waals surface area contributed by atoms with E-state index < -0.39 is 11.6 Å². The molecule has 0 saturated carbocycles. The molecular formula is C16H10O5. The maximum absolute atomic E-state index is 12.4. The van der Waals surface area contributed by atoms with Gasteiger partial charge in [-0.2, -0.15) is 0 Å². The zero-order valence-corrected chi connectivity index (χ0v) is 10.7. The quantitative estimate of drug-likeness (QED) is 0.697. The molecule has 0 bridgehead atoms. The molecule has 2 aromatic carbocycles. The number of aromatic hydroxyl groups is 3. The molecule has 3 N–H and O–H groups in total. The summed E-state index contributed by atoms with van der Waals surface area (Å²) in [7, 11) is 0. The molecule has 0 aromatic heterocycles. The summed E-state index contributed by atoms with van der Waals surface area (Å²) in [4.78, 5) is 24.5. The third kappa shape index (κ3) is 1.95. The lowest BCUT2D eigenvalue weighted by molar-refractivity contribution is 0.0999. The van der Waals surface area contributed by atoms with Crippen molar-refractivity contribution >= 4 is 17.1 Å². The molecule has 0 spiro atoms. The van der Waals surface area contributed by atoms with Crippen molar-refractivity contribution in [2.45, 2.75) is 0 Å². The molecule has 1 aliphatic rings. The number of hydrogen-bond acceptors (Lipinski definition) is 5. The van der Waals surface area contributed by atoms with Gasteiger partial charge in [-0.05, 0) is 29.8 Å². The number of fused-ring (bicyclic) bond motifs is 1. The van der Waals surface area contributed by atoms with Crippen molar-refractivity contribution in [3.63, 3.8) is 0 Å². The van der Waals surface area contributed by atoms with Crippen molar-refractivity contribution in [2.24, 2.45) is 0 Å². The number of ketones is 2. The average Bonchev–Trinajstić information content (AvgIpc) is 2.45. The Balaban J connectivity index is 2.17. The van der Waals surface area contributed by atoms with Crippen LogP contribution >= 0.6 is 0 Å². The Kier molecular flexibility index (Phi) is 2.76. The van der Waals surface area contributed by atoms with Crippen molar-refractivity contribution in [1.82, 2.24) is 0 Å². The van der Waals surface area contributed by atoms with E-state index in [1.807, 2.05) is 0 Å². The van der Waals surface area contributed by atoms with Gasteiger partial charge in [0.15, 0.2) is 23.1 Å². The number of carbonyl (C=O) groups is 2. The van der Waals surface area contributed by atoms with Gasteiger partial charge in [0.2, 0.25) is 0 Å². The SMILES string of the molecule is O=C1C(c2ccc(O)c(O)c2)=CC(=O)c2c(O)cccc21. The Labute approximate surface area is 119 Å². The average molecular weight is 282 g/mol. The maximum atomic E-state index is 12.4. The van der Waals surface area contributed by atoms with Crippen LogP contribution < -0.4 is 0 Å². The number of rotatable bonds is 1. The van der Waals surface area contributed by atoms with E-state index in [1.54, 1.807) is 0 Å². The second-order valence-electron chi connectivity index (χ2n) is 4.65. The summed E-state index contributed by atoms with van der Waals surface area (Å²) >= 11 is 0. The number of hydrogen-bond donors (Lipinski definition) is 3. The van der Waals surface area contributed by atoms with Crippen LogP contribution in [0.25, 0.3) is 5.57 Å². The van der Waals surface area contributed by atoms with Crippen molar-refractivity contribution < 1.29 is 24.9 Å². The van der Waals surface area contributed by atoms with E-state index in [-0.39, 0.29) is 33.9 Å². The second kappa shape index (κ2) is 4.49. The molecule has 21 heavy (non-hydrogen) atoms. The van der Waals surface area contributed by atoms with E-state index in [0.717, 1.165) is 6.08 Å². The minimum Gasteiger partial charge on any atom is -0.507 e. The van der Waals surface area contributed by atoms with Crippen LogP contribution in [0.3, 0.4) is 0 Å². The Bertz CT molecular complexity index is 817. The smallest absolute Gasteiger partial charge is 0.194 e. The summed E-state index contributed by atoms with van der Waals surface area (Å²) in [5.74, 6) is -1.84. The number of phenolic OH excluding ortho intramolecular Hbond substituents is 3. The van der Waals surface area contributed by atoms with Gasteiger partial charge in [0.1, 0.15) is 5.75 Å². The van der Waals surface area contributed by atoms with E-state index in [0.29, 0.717) is 5.56 Å². The third-order valence-electron chi connectivity index (χ3n) is 3.34. The highest BCUT2D eigenvalue weighted by Crippen LogP contribution is 2.34. The zero-order valence-electron chi connectivity index (χ0n) is 10.7. The largest absolute Gasteiger partial charge is 0.507 e. The van der Waals surface area contributed by atoms with Crippen LogP contribution in [-0.4, -0.2) is 26.9 Å². The Morgan fingerprint density at radius 1 is 0.810 bits per heavy atom. The Morgan fingerprint density at radius 2 is 1.57 bits per heavy atom. The predicted molar refractivity (Wildman–Crippen MR) is 74.5 cm³/mol. The lowest BCUT2D eigenvalue weighted by atomic mass is 9.86. The minimum atomic E-state index is -0.481. The molecule has 0 radical (unpaired) electrons. The number of carbonyl (C=O) groups excluding carboxylic acids is 2. The molecule has 1 aliphatic carbocycles. The van der Waals surface area contributed by atoms with Gasteiger partial charge in [0.25, 0.3) is 0 Å². The summed E-state index contributed by atoms with van der Waals surface area (Å²) in [5.41, 5.74) is 0.519. The first-order valence-electron chi connectivity index (χ1n) is 6.14. The highest BCUT2D eigenvalue weighted by atomic mass is 16.3. The summed E-state index contributed by atoms with van der Waals surface area (Å²) in [6.07, 6.45) is 1.12. The first-order chi connectivity index (χ1) is 9.99. The van der Waals surface area contributed by atoms with E-state index >= 15 is 0 Å². The van der Waals surface area contributed by atoms with Crippen LogP contribution in [0.1, 0.15) is 26.3 Å². The molecule has 5 heteroatoms. The van der Waals surface area contributed by atoms with Crippen molar-refractivity contribution in [3.05, 3.63) is 59.2 Å². The maximum Gasteiger partial charge on any atom is 0.194 e. The van der Waals surface area contributed by atoms with Gasteiger partial charge in [0.05, 0.1) is 5.56 Å². The van der Waals surface area contributed by atoms with E-state index in [4.69, 9.17) is 0 Å². The van der Waals surface area contributed by atoms with Crippen molar-refractivity contribution in [1.29, 1.82) is 0 Å². The summed E-state index contributed by atoms with van der Waals surface area (Å²) in [6.45, 7) is 0. The molecule has 0 unspecified atom stereocenters. The van der Waals surface area contributed by atoms with Crippen LogP contribution in [0, 0.1) is 0 Å². The predicted octanol–water partition coefficient (Wildman–Crippen LogP) is 2.27. The molecule has 5 nitrogen and oxygen atoms in total. The topological polar surface area (TPSA) is 94.8 Å². The first kappa shape index (κ1) is 12.9. The van der Waals surface area contributed by atoms with Crippen LogP contribution in [0.2, 0.25) is 0 Å². The van der Waals surface area contributed by atoms with Crippen molar-refractivity contribution in [2.75, 3.05) is 0 Å². The molecule has 104 valence electrons. The fourth-order valence-corrected chi connectivity index (χ4v) is 2.31. The number of benzene rings is 2.